The zero-order valence-corrected chi connectivity index (χ0v) is 18.8. The summed E-state index contributed by atoms with van der Waals surface area (Å²) in [6, 6.07) is 14.1. The first-order valence-electron chi connectivity index (χ1n) is 9.37. The molecular formula is C21H28N2O4S2. The maximum Gasteiger partial charge on any atom is 0.243 e. The molecule has 0 bridgehead atoms. The summed E-state index contributed by atoms with van der Waals surface area (Å²) in [7, 11) is -2.15. The quantitative estimate of drug-likeness (QED) is 0.456. The van der Waals surface area contributed by atoms with Crippen LogP contribution in [0.3, 0.4) is 0 Å². The van der Waals surface area contributed by atoms with Gasteiger partial charge in [0.2, 0.25) is 15.9 Å². The summed E-state index contributed by atoms with van der Waals surface area (Å²) in [5.74, 6) is 0.912. The highest BCUT2D eigenvalue weighted by atomic mass is 32.2. The van der Waals surface area contributed by atoms with Crippen LogP contribution in [0.5, 0.6) is 5.75 Å². The molecule has 29 heavy (non-hydrogen) atoms. The van der Waals surface area contributed by atoms with Crippen molar-refractivity contribution in [1.29, 1.82) is 0 Å². The van der Waals surface area contributed by atoms with Gasteiger partial charge in [-0.2, -0.15) is 0 Å². The highest BCUT2D eigenvalue weighted by Gasteiger charge is 2.31. The van der Waals surface area contributed by atoms with Crippen LogP contribution in [-0.2, 0) is 14.8 Å². The Balaban J connectivity index is 2.06. The summed E-state index contributed by atoms with van der Waals surface area (Å²) in [4.78, 5) is 13.9. The zero-order valence-electron chi connectivity index (χ0n) is 17.2. The van der Waals surface area contributed by atoms with E-state index in [1.807, 2.05) is 31.2 Å². The van der Waals surface area contributed by atoms with Crippen molar-refractivity contribution in [3.63, 3.8) is 0 Å². The van der Waals surface area contributed by atoms with Crippen molar-refractivity contribution in [1.82, 2.24) is 5.32 Å². The number of ether oxygens (including phenoxy) is 1. The molecule has 0 spiro atoms. The van der Waals surface area contributed by atoms with Gasteiger partial charge in [-0.05, 0) is 37.6 Å². The molecule has 0 radical (unpaired) electrons. The number of aryl methyl sites for hydroxylation is 1. The predicted molar refractivity (Wildman–Crippen MR) is 119 cm³/mol. The van der Waals surface area contributed by atoms with E-state index in [1.54, 1.807) is 43.0 Å². The van der Waals surface area contributed by atoms with Gasteiger partial charge < -0.3 is 10.1 Å². The second kappa shape index (κ2) is 10.5. The fourth-order valence-electron chi connectivity index (χ4n) is 2.90. The lowest BCUT2D eigenvalue weighted by Gasteiger charge is -2.30. The van der Waals surface area contributed by atoms with Gasteiger partial charge in [-0.25, -0.2) is 8.42 Å². The van der Waals surface area contributed by atoms with Crippen molar-refractivity contribution >= 4 is 33.4 Å². The lowest BCUT2D eigenvalue weighted by molar-refractivity contribution is -0.122. The summed E-state index contributed by atoms with van der Waals surface area (Å²) < 4.78 is 31.3. The highest BCUT2D eigenvalue weighted by molar-refractivity contribution is 7.99. The van der Waals surface area contributed by atoms with E-state index < -0.39 is 16.1 Å². The van der Waals surface area contributed by atoms with E-state index in [1.165, 1.54) is 12.7 Å². The molecule has 8 heteroatoms. The molecule has 2 aromatic carbocycles. The Bertz CT molecular complexity index is 915. The number of anilines is 1. The summed E-state index contributed by atoms with van der Waals surface area (Å²) in [6.07, 6.45) is 1.46. The van der Waals surface area contributed by atoms with Crippen molar-refractivity contribution in [2.45, 2.75) is 31.2 Å². The molecule has 1 unspecified atom stereocenters. The van der Waals surface area contributed by atoms with Crippen LogP contribution in [0.4, 0.5) is 5.69 Å². The van der Waals surface area contributed by atoms with Gasteiger partial charge in [-0.3, -0.25) is 9.10 Å². The molecule has 0 saturated heterocycles. The van der Waals surface area contributed by atoms with Crippen molar-refractivity contribution < 1.29 is 17.9 Å². The normalized spacial score (nSPS) is 12.3. The molecule has 1 atom stereocenters. The Labute approximate surface area is 177 Å². The van der Waals surface area contributed by atoms with Gasteiger partial charge in [-0.1, -0.05) is 30.7 Å². The van der Waals surface area contributed by atoms with E-state index in [2.05, 4.69) is 5.32 Å². The first-order valence-corrected chi connectivity index (χ1v) is 12.2. The van der Waals surface area contributed by atoms with Crippen LogP contribution in [0.2, 0.25) is 0 Å². The van der Waals surface area contributed by atoms with E-state index in [4.69, 9.17) is 4.74 Å². The van der Waals surface area contributed by atoms with Gasteiger partial charge in [0.05, 0.1) is 19.1 Å². The minimum absolute atomic E-state index is 0.315. The first kappa shape index (κ1) is 23.1. The summed E-state index contributed by atoms with van der Waals surface area (Å²) >= 11 is 1.64. The van der Waals surface area contributed by atoms with E-state index in [9.17, 15) is 13.2 Å². The fraction of sp³-hybridized carbons (Fsp3) is 0.381. The molecule has 2 aromatic rings. The number of rotatable bonds is 10. The van der Waals surface area contributed by atoms with Crippen LogP contribution >= 0.6 is 11.8 Å². The highest BCUT2D eigenvalue weighted by Crippen LogP contribution is 2.26. The van der Waals surface area contributed by atoms with Crippen LogP contribution in [-0.4, -0.2) is 46.0 Å². The summed E-state index contributed by atoms with van der Waals surface area (Å²) in [5, 5.41) is 2.87. The fourth-order valence-corrected chi connectivity index (χ4v) is 4.88. The Morgan fingerprint density at radius 3 is 2.48 bits per heavy atom. The van der Waals surface area contributed by atoms with Crippen molar-refractivity contribution in [3.8, 4) is 5.75 Å². The van der Waals surface area contributed by atoms with Gasteiger partial charge in [0, 0.05) is 23.3 Å². The average molecular weight is 437 g/mol. The van der Waals surface area contributed by atoms with Crippen molar-refractivity contribution in [2.75, 3.05) is 30.0 Å². The molecule has 0 aliphatic carbocycles. The van der Waals surface area contributed by atoms with Crippen LogP contribution in [0, 0.1) is 6.92 Å². The molecule has 0 aliphatic rings. The number of sulfonamides is 1. The topological polar surface area (TPSA) is 75.7 Å². The van der Waals surface area contributed by atoms with Gasteiger partial charge >= 0.3 is 0 Å². The van der Waals surface area contributed by atoms with Crippen molar-refractivity contribution in [2.24, 2.45) is 0 Å². The number of carbonyl (C=O) groups is 1. The van der Waals surface area contributed by atoms with Crippen LogP contribution in [0.15, 0.2) is 53.4 Å². The number of benzene rings is 2. The molecule has 0 aliphatic heterocycles. The monoisotopic (exact) mass is 436 g/mol. The third-order valence-corrected chi connectivity index (χ3v) is 6.52. The smallest absolute Gasteiger partial charge is 0.243 e. The molecule has 0 fully saturated rings. The Hall–Kier alpha value is -2.19. The zero-order chi connectivity index (χ0) is 21.4. The minimum atomic E-state index is -3.67. The van der Waals surface area contributed by atoms with E-state index >= 15 is 0 Å². The third kappa shape index (κ3) is 6.68. The predicted octanol–water partition coefficient (Wildman–Crippen LogP) is 3.46. The second-order valence-electron chi connectivity index (χ2n) is 6.64. The Morgan fingerprint density at radius 1 is 1.21 bits per heavy atom. The minimum Gasteiger partial charge on any atom is -0.497 e. The number of nitrogens with one attached hydrogen (secondary N) is 1. The number of hydrogen-bond donors (Lipinski definition) is 1. The maximum atomic E-state index is 12.8. The number of amides is 1. The van der Waals surface area contributed by atoms with Gasteiger partial charge in [-0.15, -0.1) is 11.8 Å². The van der Waals surface area contributed by atoms with Crippen molar-refractivity contribution in [3.05, 3.63) is 54.1 Å². The lowest BCUT2D eigenvalue weighted by Crippen LogP contribution is -2.49. The number of nitrogens with zero attached hydrogens (tertiary/aromatic N) is 1. The molecule has 6 nitrogen and oxygen atoms in total. The summed E-state index contributed by atoms with van der Waals surface area (Å²) in [6.45, 7) is 4.28. The molecule has 2 rings (SSSR count). The van der Waals surface area contributed by atoms with E-state index in [0.717, 1.165) is 15.5 Å². The van der Waals surface area contributed by atoms with Gasteiger partial charge in [0.25, 0.3) is 0 Å². The van der Waals surface area contributed by atoms with E-state index in [-0.39, 0.29) is 5.91 Å². The maximum absolute atomic E-state index is 12.8. The Kier molecular flexibility index (Phi) is 8.40. The largest absolute Gasteiger partial charge is 0.497 e. The van der Waals surface area contributed by atoms with E-state index in [0.29, 0.717) is 30.2 Å². The van der Waals surface area contributed by atoms with Crippen LogP contribution < -0.4 is 14.4 Å². The number of methoxy groups -OCH3 is 1. The average Bonchev–Trinajstić information content (AvgIpc) is 2.69. The molecule has 158 valence electrons. The second-order valence-corrected chi connectivity index (χ2v) is 9.66. The standard InChI is InChI=1S/C21H28N2O4S2/c1-5-20(21(24)22-13-14-28-19-11-9-16(2)10-12-19)23(29(4,25)26)17-7-6-8-18(15-17)27-3/h6-12,15,20H,5,13-14H2,1-4H3,(H,22,24). The number of carbonyl (C=O) groups excluding carboxylic acids is 1. The number of thioether (sulfide) groups is 1. The van der Waals surface area contributed by atoms with Crippen LogP contribution in [0.25, 0.3) is 0 Å². The molecule has 0 heterocycles. The summed E-state index contributed by atoms with van der Waals surface area (Å²) in [5.41, 5.74) is 1.61. The van der Waals surface area contributed by atoms with Gasteiger partial charge in [0.1, 0.15) is 11.8 Å². The lowest BCUT2D eigenvalue weighted by atomic mass is 10.2. The molecular weight excluding hydrogens is 408 g/mol. The number of hydrogen-bond acceptors (Lipinski definition) is 5. The molecule has 0 saturated carbocycles. The van der Waals surface area contributed by atoms with Crippen LogP contribution in [0.1, 0.15) is 18.9 Å². The third-order valence-electron chi connectivity index (χ3n) is 4.33. The molecule has 1 N–H and O–H groups in total. The Morgan fingerprint density at radius 2 is 1.90 bits per heavy atom. The molecule has 1 amide bonds. The SMILES string of the molecule is CCC(C(=O)NCCSc1ccc(C)cc1)N(c1cccc(OC)c1)S(C)(=O)=O. The van der Waals surface area contributed by atoms with Gasteiger partial charge in [0.15, 0.2) is 0 Å². The first-order chi connectivity index (χ1) is 13.8. The molecule has 0 aromatic heterocycles.